The topological polar surface area (TPSA) is 50.3 Å². The number of hydrogen-bond acceptors (Lipinski definition) is 6. The molecule has 6 heteroatoms. The van der Waals surface area contributed by atoms with E-state index in [1.54, 1.807) is 11.3 Å². The number of nitrogens with one attached hydrogen (secondary N) is 1. The monoisotopic (exact) mass is 382 g/mol. The van der Waals surface area contributed by atoms with Gasteiger partial charge in [0.25, 0.3) is 0 Å². The molecule has 0 bridgehead atoms. The van der Waals surface area contributed by atoms with Crippen molar-refractivity contribution in [3.05, 3.63) is 59.2 Å². The van der Waals surface area contributed by atoms with Crippen LogP contribution in [0.1, 0.15) is 37.1 Å². The molecule has 0 aliphatic heterocycles. The highest BCUT2D eigenvalue weighted by atomic mass is 32.1. The van der Waals surface area contributed by atoms with Gasteiger partial charge in [-0.25, -0.2) is 9.97 Å². The van der Waals surface area contributed by atoms with Crippen LogP contribution in [0, 0.1) is 6.92 Å². The molecule has 3 rings (SSSR count). The van der Waals surface area contributed by atoms with Crippen LogP contribution in [0.25, 0.3) is 0 Å². The summed E-state index contributed by atoms with van der Waals surface area (Å²) >= 11 is 1.56. The summed E-state index contributed by atoms with van der Waals surface area (Å²) in [5.41, 5.74) is 2.13. The summed E-state index contributed by atoms with van der Waals surface area (Å²) in [6, 6.07) is 12.2. The molecule has 1 unspecified atom stereocenters. The molecule has 0 amide bonds. The van der Waals surface area contributed by atoms with E-state index in [0.29, 0.717) is 17.6 Å². The molecule has 27 heavy (non-hydrogen) atoms. The van der Waals surface area contributed by atoms with Gasteiger partial charge in [-0.15, -0.1) is 11.3 Å². The van der Waals surface area contributed by atoms with E-state index in [2.05, 4.69) is 47.3 Å². The molecule has 2 heterocycles. The Kier molecular flexibility index (Phi) is 6.42. The number of hydrogen-bond donors (Lipinski definition) is 1. The Morgan fingerprint density at radius 3 is 2.63 bits per heavy atom. The lowest BCUT2D eigenvalue weighted by Crippen LogP contribution is -2.20. The first-order valence-corrected chi connectivity index (χ1v) is 10.0. The molecular weight excluding hydrogens is 356 g/mol. The summed E-state index contributed by atoms with van der Waals surface area (Å²) in [4.78, 5) is 11.4. The molecule has 5 nitrogen and oxygen atoms in total. The maximum atomic E-state index is 6.17. The van der Waals surface area contributed by atoms with E-state index in [-0.39, 0.29) is 0 Å². The number of ether oxygens (including phenoxy) is 1. The predicted molar refractivity (Wildman–Crippen MR) is 112 cm³/mol. The zero-order valence-corrected chi connectivity index (χ0v) is 17.1. The number of thiazole rings is 1. The van der Waals surface area contributed by atoms with Crippen LogP contribution < -0.4 is 10.1 Å². The summed E-state index contributed by atoms with van der Waals surface area (Å²) in [5, 5.41) is 6.12. The molecule has 1 N–H and O–H groups in total. The fourth-order valence-corrected chi connectivity index (χ4v) is 3.63. The van der Waals surface area contributed by atoms with Crippen molar-refractivity contribution < 1.29 is 4.74 Å². The maximum Gasteiger partial charge on any atom is 0.188 e. The summed E-state index contributed by atoms with van der Waals surface area (Å²) in [7, 11) is 4.20. The van der Waals surface area contributed by atoms with Gasteiger partial charge in [0.05, 0.1) is 5.69 Å². The van der Waals surface area contributed by atoms with Gasteiger partial charge in [-0.1, -0.05) is 31.5 Å². The maximum absolute atomic E-state index is 6.17. The van der Waals surface area contributed by atoms with E-state index in [1.807, 2.05) is 48.8 Å². The number of benzene rings is 1. The van der Waals surface area contributed by atoms with Gasteiger partial charge in [-0.05, 0) is 51.2 Å². The van der Waals surface area contributed by atoms with Crippen LogP contribution >= 0.6 is 11.3 Å². The Morgan fingerprint density at radius 1 is 1.22 bits per heavy atom. The molecule has 1 atom stereocenters. The summed E-state index contributed by atoms with van der Waals surface area (Å²) in [6.45, 7) is 4.18. The van der Waals surface area contributed by atoms with Crippen molar-refractivity contribution in [3.63, 3.8) is 0 Å². The second-order valence-electron chi connectivity index (χ2n) is 6.72. The van der Waals surface area contributed by atoms with Crippen molar-refractivity contribution in [2.24, 2.45) is 0 Å². The molecule has 0 saturated carbocycles. The Bertz CT molecular complexity index is 864. The second kappa shape index (κ2) is 8.97. The average molecular weight is 383 g/mol. The van der Waals surface area contributed by atoms with Gasteiger partial charge in [-0.3, -0.25) is 0 Å². The minimum absolute atomic E-state index is 0.303. The van der Waals surface area contributed by atoms with Crippen molar-refractivity contribution in [1.82, 2.24) is 14.9 Å². The molecule has 0 radical (unpaired) electrons. The zero-order chi connectivity index (χ0) is 19.2. The number of pyridine rings is 1. The third-order valence-electron chi connectivity index (χ3n) is 4.26. The van der Waals surface area contributed by atoms with Crippen molar-refractivity contribution in [2.45, 2.75) is 32.7 Å². The van der Waals surface area contributed by atoms with E-state index in [1.165, 1.54) is 0 Å². The molecule has 142 valence electrons. The van der Waals surface area contributed by atoms with E-state index in [0.717, 1.165) is 35.0 Å². The third kappa shape index (κ3) is 5.05. The van der Waals surface area contributed by atoms with Gasteiger partial charge >= 0.3 is 0 Å². The number of aromatic nitrogens is 2. The Hall–Kier alpha value is -2.44. The van der Waals surface area contributed by atoms with Crippen molar-refractivity contribution in [1.29, 1.82) is 0 Å². The van der Waals surface area contributed by atoms with Gasteiger partial charge in [0.1, 0.15) is 5.75 Å². The average Bonchev–Trinajstić information content (AvgIpc) is 3.07. The zero-order valence-electron chi connectivity index (χ0n) is 16.3. The first-order chi connectivity index (χ1) is 13.1. The highest BCUT2D eigenvalue weighted by Crippen LogP contribution is 2.34. The van der Waals surface area contributed by atoms with E-state index >= 15 is 0 Å². The standard InChI is InChI=1S/C21H26N4OS/c1-5-9-18(25(3)4)16-12-19(26-17-10-7-6-8-11-17)20(22-13-16)24-21-23-15(2)14-27-21/h6-8,10-14,18H,5,9H2,1-4H3,(H,22,23,24). The molecular formula is C21H26N4OS. The summed E-state index contributed by atoms with van der Waals surface area (Å²) < 4.78 is 6.17. The summed E-state index contributed by atoms with van der Waals surface area (Å²) in [5.74, 6) is 2.16. The molecule has 0 spiro atoms. The number of aryl methyl sites for hydroxylation is 1. The van der Waals surface area contributed by atoms with Gasteiger partial charge in [-0.2, -0.15) is 0 Å². The molecule has 0 fully saturated rings. The SMILES string of the molecule is CCCC(c1cnc(Nc2nc(C)cs2)c(Oc2ccccc2)c1)N(C)C. The number of nitrogens with zero attached hydrogens (tertiary/aromatic N) is 3. The normalized spacial score (nSPS) is 12.2. The molecule has 0 aliphatic carbocycles. The predicted octanol–water partition coefficient (Wildman–Crippen LogP) is 5.79. The fourth-order valence-electron chi connectivity index (χ4n) is 2.94. The first-order valence-electron chi connectivity index (χ1n) is 9.15. The number of rotatable bonds is 8. The van der Waals surface area contributed by atoms with Gasteiger partial charge in [0.15, 0.2) is 16.7 Å². The van der Waals surface area contributed by atoms with Gasteiger partial charge in [0, 0.05) is 17.6 Å². The van der Waals surface area contributed by atoms with Crippen LogP contribution in [0.2, 0.25) is 0 Å². The van der Waals surface area contributed by atoms with Crippen molar-refractivity contribution in [3.8, 4) is 11.5 Å². The fraction of sp³-hybridized carbons (Fsp3) is 0.333. The molecule has 3 aromatic rings. The van der Waals surface area contributed by atoms with E-state index in [9.17, 15) is 0 Å². The van der Waals surface area contributed by atoms with Crippen LogP contribution in [0.5, 0.6) is 11.5 Å². The minimum Gasteiger partial charge on any atom is -0.453 e. The summed E-state index contributed by atoms with van der Waals surface area (Å²) in [6.07, 6.45) is 4.11. The lowest BCUT2D eigenvalue weighted by Gasteiger charge is -2.25. The lowest BCUT2D eigenvalue weighted by atomic mass is 10.0. The Morgan fingerprint density at radius 2 is 2.00 bits per heavy atom. The number of para-hydroxylation sites is 1. The number of anilines is 2. The van der Waals surface area contributed by atoms with Crippen LogP contribution in [-0.4, -0.2) is 29.0 Å². The molecule has 1 aromatic carbocycles. The Labute approximate surface area is 165 Å². The second-order valence-corrected chi connectivity index (χ2v) is 7.58. The van der Waals surface area contributed by atoms with Crippen LogP contribution in [0.3, 0.4) is 0 Å². The van der Waals surface area contributed by atoms with Crippen molar-refractivity contribution >= 4 is 22.3 Å². The van der Waals surface area contributed by atoms with Crippen LogP contribution in [0.15, 0.2) is 48.0 Å². The van der Waals surface area contributed by atoms with Crippen molar-refractivity contribution in [2.75, 3.05) is 19.4 Å². The van der Waals surface area contributed by atoms with Crippen LogP contribution in [-0.2, 0) is 0 Å². The quantitative estimate of drug-likeness (QED) is 0.535. The largest absolute Gasteiger partial charge is 0.453 e. The highest BCUT2D eigenvalue weighted by Gasteiger charge is 2.17. The molecule has 0 aliphatic rings. The molecule has 2 aromatic heterocycles. The third-order valence-corrected chi connectivity index (χ3v) is 5.14. The van der Waals surface area contributed by atoms with E-state index in [4.69, 9.17) is 4.74 Å². The first kappa shape index (κ1) is 19.3. The van der Waals surface area contributed by atoms with Crippen LogP contribution in [0.4, 0.5) is 10.9 Å². The Balaban J connectivity index is 1.96. The van der Waals surface area contributed by atoms with Gasteiger partial charge < -0.3 is 15.0 Å². The smallest absolute Gasteiger partial charge is 0.188 e. The minimum atomic E-state index is 0.303. The van der Waals surface area contributed by atoms with E-state index < -0.39 is 0 Å². The lowest BCUT2D eigenvalue weighted by molar-refractivity contribution is 0.281. The van der Waals surface area contributed by atoms with Gasteiger partial charge in [0.2, 0.25) is 0 Å². The highest BCUT2D eigenvalue weighted by molar-refractivity contribution is 7.13. The molecule has 0 saturated heterocycles.